The van der Waals surface area contributed by atoms with Gasteiger partial charge in [-0.1, -0.05) is 17.7 Å². The van der Waals surface area contributed by atoms with Gasteiger partial charge in [-0.25, -0.2) is 14.8 Å². The second-order valence-corrected chi connectivity index (χ2v) is 8.51. The lowest BCUT2D eigenvalue weighted by Gasteiger charge is -2.36. The van der Waals surface area contributed by atoms with Gasteiger partial charge in [-0.3, -0.25) is 0 Å². The van der Waals surface area contributed by atoms with Gasteiger partial charge in [0.15, 0.2) is 5.82 Å². The number of nitrogens with one attached hydrogen (secondary N) is 1. The van der Waals surface area contributed by atoms with Crippen LogP contribution in [0.25, 0.3) is 11.4 Å². The number of aromatic nitrogens is 2. The number of hydrogen-bond acceptors (Lipinski definition) is 4. The van der Waals surface area contributed by atoms with Crippen LogP contribution in [-0.4, -0.2) is 47.1 Å². The van der Waals surface area contributed by atoms with Crippen molar-refractivity contribution < 1.29 is 18.0 Å². The number of aryl methyl sites for hydroxylation is 1. The standard InChI is InChI=1S/C24H23ClF3N5O/c1-15-16(2)29-21(17-6-8-19(25)9-7-17)31-22(15)32-10-12-33(13-11-32)23(34)30-20-5-3-4-18(14-20)24(26,27)28/h3-9,14H,10-13H2,1-2H3,(H,30,34). The van der Waals surface area contributed by atoms with E-state index in [0.717, 1.165) is 34.8 Å². The van der Waals surface area contributed by atoms with Crippen LogP contribution < -0.4 is 10.2 Å². The Kier molecular flexibility index (Phi) is 6.65. The molecule has 178 valence electrons. The minimum Gasteiger partial charge on any atom is -0.353 e. The Morgan fingerprint density at radius 2 is 1.68 bits per heavy atom. The number of carbonyl (C=O) groups excluding carboxylic acids is 1. The summed E-state index contributed by atoms with van der Waals surface area (Å²) < 4.78 is 38.8. The fraction of sp³-hybridized carbons (Fsp3) is 0.292. The maximum absolute atomic E-state index is 12.9. The largest absolute Gasteiger partial charge is 0.416 e. The number of benzene rings is 2. The van der Waals surface area contributed by atoms with Gasteiger partial charge in [0.2, 0.25) is 0 Å². The maximum Gasteiger partial charge on any atom is 0.416 e. The third-order valence-electron chi connectivity index (χ3n) is 5.77. The predicted octanol–water partition coefficient (Wildman–Crippen LogP) is 5.79. The van der Waals surface area contributed by atoms with Crippen molar-refractivity contribution in [2.45, 2.75) is 20.0 Å². The highest BCUT2D eigenvalue weighted by atomic mass is 35.5. The van der Waals surface area contributed by atoms with Crippen molar-refractivity contribution in [1.82, 2.24) is 14.9 Å². The first-order valence-electron chi connectivity index (χ1n) is 10.7. The average Bonchev–Trinajstić information content (AvgIpc) is 2.81. The van der Waals surface area contributed by atoms with Crippen molar-refractivity contribution in [3.63, 3.8) is 0 Å². The van der Waals surface area contributed by atoms with Crippen LogP contribution in [0.3, 0.4) is 0 Å². The molecule has 0 bridgehead atoms. The van der Waals surface area contributed by atoms with E-state index in [1.54, 1.807) is 17.0 Å². The molecular formula is C24H23ClF3N5O. The molecule has 0 radical (unpaired) electrons. The topological polar surface area (TPSA) is 61.4 Å². The summed E-state index contributed by atoms with van der Waals surface area (Å²) in [5.74, 6) is 1.40. The minimum atomic E-state index is -4.47. The highest BCUT2D eigenvalue weighted by molar-refractivity contribution is 6.30. The van der Waals surface area contributed by atoms with Crippen molar-refractivity contribution in [3.8, 4) is 11.4 Å². The van der Waals surface area contributed by atoms with E-state index in [4.69, 9.17) is 16.6 Å². The molecule has 0 spiro atoms. The van der Waals surface area contributed by atoms with E-state index >= 15 is 0 Å². The quantitative estimate of drug-likeness (QED) is 0.506. The normalized spacial score (nSPS) is 14.3. The molecular weight excluding hydrogens is 467 g/mol. The molecule has 2 heterocycles. The minimum absolute atomic E-state index is 0.108. The van der Waals surface area contributed by atoms with Gasteiger partial charge < -0.3 is 15.1 Å². The number of amides is 2. The molecule has 0 atom stereocenters. The van der Waals surface area contributed by atoms with E-state index in [0.29, 0.717) is 37.0 Å². The maximum atomic E-state index is 12.9. The molecule has 1 fully saturated rings. The monoisotopic (exact) mass is 489 g/mol. The fourth-order valence-electron chi connectivity index (χ4n) is 3.75. The third-order valence-corrected chi connectivity index (χ3v) is 6.03. The highest BCUT2D eigenvalue weighted by Crippen LogP contribution is 2.31. The molecule has 2 aromatic carbocycles. The Morgan fingerprint density at radius 1 is 1.00 bits per heavy atom. The second-order valence-electron chi connectivity index (χ2n) is 8.07. The number of carbonyl (C=O) groups is 1. The first kappa shape index (κ1) is 23.8. The number of piperazine rings is 1. The van der Waals surface area contributed by atoms with Crippen LogP contribution in [0.4, 0.5) is 29.5 Å². The second kappa shape index (κ2) is 9.50. The first-order valence-corrected chi connectivity index (χ1v) is 11.1. The molecule has 6 nitrogen and oxygen atoms in total. The molecule has 1 N–H and O–H groups in total. The molecule has 1 aliphatic rings. The van der Waals surface area contributed by atoms with E-state index in [2.05, 4.69) is 15.2 Å². The number of rotatable bonds is 3. The molecule has 10 heteroatoms. The lowest BCUT2D eigenvalue weighted by Crippen LogP contribution is -2.50. The molecule has 1 aromatic heterocycles. The smallest absolute Gasteiger partial charge is 0.353 e. The van der Waals surface area contributed by atoms with Gasteiger partial charge in [0, 0.05) is 53.7 Å². The Hall–Kier alpha value is -3.33. The van der Waals surface area contributed by atoms with E-state index < -0.39 is 17.8 Å². The van der Waals surface area contributed by atoms with Gasteiger partial charge >= 0.3 is 12.2 Å². The summed E-state index contributed by atoms with van der Waals surface area (Å²) in [6, 6.07) is 11.5. The van der Waals surface area contributed by atoms with Crippen molar-refractivity contribution in [1.29, 1.82) is 0 Å². The summed E-state index contributed by atoms with van der Waals surface area (Å²) in [4.78, 5) is 25.7. The van der Waals surface area contributed by atoms with Gasteiger partial charge in [-0.15, -0.1) is 0 Å². The molecule has 3 aromatic rings. The van der Waals surface area contributed by atoms with Crippen molar-refractivity contribution in [3.05, 3.63) is 70.4 Å². The summed E-state index contributed by atoms with van der Waals surface area (Å²) in [5, 5.41) is 3.20. The van der Waals surface area contributed by atoms with E-state index in [1.165, 1.54) is 12.1 Å². The van der Waals surface area contributed by atoms with Crippen LogP contribution >= 0.6 is 11.6 Å². The third kappa shape index (κ3) is 5.25. The Balaban J connectivity index is 1.44. The zero-order valence-electron chi connectivity index (χ0n) is 18.7. The fourth-order valence-corrected chi connectivity index (χ4v) is 3.87. The van der Waals surface area contributed by atoms with E-state index in [1.807, 2.05) is 26.0 Å². The SMILES string of the molecule is Cc1nc(-c2ccc(Cl)cc2)nc(N2CCN(C(=O)Nc3cccc(C(F)(F)F)c3)CC2)c1C. The highest BCUT2D eigenvalue weighted by Gasteiger charge is 2.31. The van der Waals surface area contributed by atoms with Gasteiger partial charge in [0.25, 0.3) is 0 Å². The van der Waals surface area contributed by atoms with E-state index in [-0.39, 0.29) is 5.69 Å². The number of halogens is 4. The Labute approximate surface area is 200 Å². The molecule has 0 unspecified atom stereocenters. The molecule has 2 amide bonds. The summed E-state index contributed by atoms with van der Waals surface area (Å²) >= 11 is 5.99. The van der Waals surface area contributed by atoms with Crippen LogP contribution in [0.5, 0.6) is 0 Å². The number of alkyl halides is 3. The van der Waals surface area contributed by atoms with E-state index in [9.17, 15) is 18.0 Å². The van der Waals surface area contributed by atoms with Gasteiger partial charge in [0.05, 0.1) is 5.56 Å². The zero-order valence-corrected chi connectivity index (χ0v) is 19.4. The summed E-state index contributed by atoms with van der Waals surface area (Å²) in [6.45, 7) is 5.77. The molecule has 0 saturated carbocycles. The van der Waals surface area contributed by atoms with Crippen molar-refractivity contribution >= 4 is 29.1 Å². The van der Waals surface area contributed by atoms with Crippen molar-refractivity contribution in [2.24, 2.45) is 0 Å². The summed E-state index contributed by atoms with van der Waals surface area (Å²) in [7, 11) is 0. The Bertz CT molecular complexity index is 1190. The van der Waals surface area contributed by atoms with Crippen molar-refractivity contribution in [2.75, 3.05) is 36.4 Å². The molecule has 1 saturated heterocycles. The predicted molar refractivity (Wildman–Crippen MR) is 126 cm³/mol. The number of nitrogens with zero attached hydrogens (tertiary/aromatic N) is 4. The van der Waals surface area contributed by atoms with Gasteiger partial charge in [0.1, 0.15) is 5.82 Å². The zero-order chi connectivity index (χ0) is 24.5. The lowest BCUT2D eigenvalue weighted by molar-refractivity contribution is -0.137. The molecule has 4 rings (SSSR count). The van der Waals surface area contributed by atoms with Crippen LogP contribution in [0.15, 0.2) is 48.5 Å². The van der Waals surface area contributed by atoms with Gasteiger partial charge in [-0.2, -0.15) is 13.2 Å². The van der Waals surface area contributed by atoms with Crippen LogP contribution in [-0.2, 0) is 6.18 Å². The van der Waals surface area contributed by atoms with Crippen LogP contribution in [0.2, 0.25) is 5.02 Å². The molecule has 1 aliphatic heterocycles. The summed E-state index contributed by atoms with van der Waals surface area (Å²) in [6.07, 6.45) is -4.47. The van der Waals surface area contributed by atoms with Crippen LogP contribution in [0.1, 0.15) is 16.8 Å². The van der Waals surface area contributed by atoms with Gasteiger partial charge in [-0.05, 0) is 56.3 Å². The number of urea groups is 1. The number of anilines is 2. The molecule has 34 heavy (non-hydrogen) atoms. The molecule has 0 aliphatic carbocycles. The first-order chi connectivity index (χ1) is 16.1. The summed E-state index contributed by atoms with van der Waals surface area (Å²) in [5.41, 5.74) is 1.98. The lowest BCUT2D eigenvalue weighted by atomic mass is 10.1. The Morgan fingerprint density at radius 3 is 2.32 bits per heavy atom. The number of hydrogen-bond donors (Lipinski definition) is 1. The average molecular weight is 490 g/mol. The van der Waals surface area contributed by atoms with Crippen LogP contribution in [0, 0.1) is 13.8 Å².